The third-order valence-corrected chi connectivity index (χ3v) is 10.1. The maximum absolute atomic E-state index is 4.11. The molecule has 0 aliphatic rings. The van der Waals surface area contributed by atoms with Gasteiger partial charge in [-0.15, -0.1) is 0 Å². The van der Waals surface area contributed by atoms with Crippen LogP contribution in [0, 0.1) is 0 Å². The molecule has 0 heterocycles. The maximum Gasteiger partial charge on any atom is 0.0439 e. The Morgan fingerprint density at radius 3 is 0.956 bits per heavy atom. The summed E-state index contributed by atoms with van der Waals surface area (Å²) in [7, 11) is 0. The number of hydrogen-bond donors (Lipinski definition) is 0. The van der Waals surface area contributed by atoms with E-state index in [1.54, 1.807) is 0 Å². The number of nitrogens with zero attached hydrogens (tertiary/aromatic N) is 1. The van der Waals surface area contributed by atoms with E-state index in [1.165, 1.54) is 230 Å². The van der Waals surface area contributed by atoms with Crippen LogP contribution in [0.2, 0.25) is 0 Å². The van der Waals surface area contributed by atoms with Crippen LogP contribution in [0.25, 0.3) is 6.08 Å². The minimum absolute atomic E-state index is 1.20. The second-order valence-corrected chi connectivity index (χ2v) is 14.4. The van der Waals surface area contributed by atoms with E-state index in [4.69, 9.17) is 0 Å². The number of para-hydroxylation sites is 1. The number of unbranched alkanes of at least 4 members (excludes halogenated alkanes) is 30. The Morgan fingerprint density at radius 2 is 0.667 bits per heavy atom. The van der Waals surface area contributed by atoms with Crippen molar-refractivity contribution in [1.29, 1.82) is 0 Å². The minimum Gasteiger partial charge on any atom is -0.371 e. The van der Waals surface area contributed by atoms with Gasteiger partial charge in [-0.3, -0.25) is 0 Å². The van der Waals surface area contributed by atoms with Crippen LogP contribution in [0.15, 0.2) is 30.8 Å². The maximum atomic E-state index is 4.11. The molecule has 0 radical (unpaired) electrons. The molecule has 1 aromatic rings. The van der Waals surface area contributed by atoms with E-state index in [9.17, 15) is 0 Å². The van der Waals surface area contributed by atoms with Gasteiger partial charge in [0, 0.05) is 18.8 Å². The van der Waals surface area contributed by atoms with Gasteiger partial charge < -0.3 is 4.90 Å². The first-order valence-corrected chi connectivity index (χ1v) is 20.8. The molecular weight excluding hydrogens is 542 g/mol. The molecule has 0 aromatic heterocycles. The predicted octanol–water partition coefficient (Wildman–Crippen LogP) is 15.7. The molecule has 1 rings (SSSR count). The summed E-state index contributed by atoms with van der Waals surface area (Å²) >= 11 is 0. The second-order valence-electron chi connectivity index (χ2n) is 14.4. The standard InChI is InChI=1S/C44H81N/c1-4-7-9-11-13-15-17-19-21-23-25-27-29-31-33-37-41-45(44-40-36-35-39-43(44)6-3)42-38-34-32-30-28-26-24-22-20-18-16-14-12-10-8-5-2/h6,35-36,39-40H,3-5,7-34,37-38,41-42H2,1-2H3. The summed E-state index contributed by atoms with van der Waals surface area (Å²) in [4.78, 5) is 2.67. The molecule has 0 atom stereocenters. The van der Waals surface area contributed by atoms with Crippen LogP contribution >= 0.6 is 0 Å². The molecule has 0 saturated heterocycles. The average Bonchev–Trinajstić information content (AvgIpc) is 3.06. The minimum atomic E-state index is 1.20. The van der Waals surface area contributed by atoms with E-state index >= 15 is 0 Å². The van der Waals surface area contributed by atoms with Crippen molar-refractivity contribution in [2.75, 3.05) is 18.0 Å². The van der Waals surface area contributed by atoms with Gasteiger partial charge in [0.05, 0.1) is 0 Å². The summed E-state index contributed by atoms with van der Waals surface area (Å²) in [6.45, 7) is 11.1. The number of rotatable bonds is 36. The Kier molecular flexibility index (Phi) is 31.7. The van der Waals surface area contributed by atoms with E-state index < -0.39 is 0 Å². The Bertz CT molecular complexity index is 687. The van der Waals surface area contributed by atoms with Gasteiger partial charge in [-0.2, -0.15) is 0 Å². The summed E-state index contributed by atoms with van der Waals surface area (Å²) in [5.74, 6) is 0. The zero-order valence-corrected chi connectivity index (χ0v) is 31.1. The fraction of sp³-hybridized carbons (Fsp3) is 0.818. The van der Waals surface area contributed by atoms with Crippen LogP contribution in [0.4, 0.5) is 5.69 Å². The Balaban J connectivity index is 2.07. The molecule has 0 aliphatic carbocycles. The fourth-order valence-corrected chi connectivity index (χ4v) is 7.00. The van der Waals surface area contributed by atoms with Crippen molar-refractivity contribution in [2.45, 2.75) is 219 Å². The van der Waals surface area contributed by atoms with Gasteiger partial charge in [0.1, 0.15) is 0 Å². The molecule has 1 heteroatoms. The molecule has 0 amide bonds. The molecule has 0 N–H and O–H groups in total. The molecular formula is C44H81N. The van der Waals surface area contributed by atoms with Crippen LogP contribution in [-0.4, -0.2) is 13.1 Å². The van der Waals surface area contributed by atoms with Gasteiger partial charge in [0.25, 0.3) is 0 Å². The largest absolute Gasteiger partial charge is 0.371 e. The SMILES string of the molecule is C=Cc1ccccc1N(CCCCCCCCCCCCCCCCCC)CCCCCCCCCCCCCCCCCC. The van der Waals surface area contributed by atoms with Crippen LogP contribution in [0.3, 0.4) is 0 Å². The lowest BCUT2D eigenvalue weighted by atomic mass is 10.0. The molecule has 1 nitrogen and oxygen atoms in total. The molecule has 0 bridgehead atoms. The van der Waals surface area contributed by atoms with Crippen LogP contribution in [0.5, 0.6) is 0 Å². The van der Waals surface area contributed by atoms with Crippen molar-refractivity contribution in [3.63, 3.8) is 0 Å². The normalized spacial score (nSPS) is 11.3. The van der Waals surface area contributed by atoms with Gasteiger partial charge in [-0.25, -0.2) is 0 Å². The highest BCUT2D eigenvalue weighted by Crippen LogP contribution is 2.23. The third kappa shape index (κ3) is 26.5. The molecule has 0 saturated carbocycles. The smallest absolute Gasteiger partial charge is 0.0439 e. The van der Waals surface area contributed by atoms with E-state index in [1.807, 2.05) is 6.08 Å². The Morgan fingerprint density at radius 1 is 0.400 bits per heavy atom. The van der Waals surface area contributed by atoms with Crippen molar-refractivity contribution in [3.05, 3.63) is 36.4 Å². The first-order valence-electron chi connectivity index (χ1n) is 20.8. The van der Waals surface area contributed by atoms with Crippen molar-refractivity contribution >= 4 is 11.8 Å². The summed E-state index contributed by atoms with van der Waals surface area (Å²) < 4.78 is 0. The second kappa shape index (κ2) is 34.1. The third-order valence-electron chi connectivity index (χ3n) is 10.1. The lowest BCUT2D eigenvalue weighted by Crippen LogP contribution is -2.26. The first-order chi connectivity index (χ1) is 22.3. The van der Waals surface area contributed by atoms with E-state index in [-0.39, 0.29) is 0 Å². The molecule has 0 unspecified atom stereocenters. The van der Waals surface area contributed by atoms with Gasteiger partial charge in [0.15, 0.2) is 0 Å². The average molecular weight is 624 g/mol. The van der Waals surface area contributed by atoms with Crippen LogP contribution in [-0.2, 0) is 0 Å². The molecule has 45 heavy (non-hydrogen) atoms. The Labute approximate surface area is 284 Å². The monoisotopic (exact) mass is 624 g/mol. The number of hydrogen-bond acceptors (Lipinski definition) is 1. The lowest BCUT2D eigenvalue weighted by molar-refractivity contribution is 0.524. The molecule has 262 valence electrons. The van der Waals surface area contributed by atoms with Crippen LogP contribution < -0.4 is 4.90 Å². The van der Waals surface area contributed by atoms with E-state index in [2.05, 4.69) is 49.6 Å². The molecule has 1 aromatic carbocycles. The van der Waals surface area contributed by atoms with Crippen molar-refractivity contribution in [1.82, 2.24) is 0 Å². The topological polar surface area (TPSA) is 3.24 Å². The summed E-state index contributed by atoms with van der Waals surface area (Å²) in [6, 6.07) is 8.91. The van der Waals surface area contributed by atoms with Gasteiger partial charge in [0.2, 0.25) is 0 Å². The summed E-state index contributed by atoms with van der Waals surface area (Å²) in [6.07, 6.45) is 47.9. The van der Waals surface area contributed by atoms with Gasteiger partial charge in [-0.05, 0) is 24.5 Å². The van der Waals surface area contributed by atoms with Crippen molar-refractivity contribution in [3.8, 4) is 0 Å². The number of anilines is 1. The first kappa shape index (κ1) is 41.8. The zero-order valence-electron chi connectivity index (χ0n) is 31.1. The van der Waals surface area contributed by atoms with Crippen LogP contribution in [0.1, 0.15) is 225 Å². The predicted molar refractivity (Wildman–Crippen MR) is 208 cm³/mol. The lowest BCUT2D eigenvalue weighted by Gasteiger charge is -2.27. The Hall–Kier alpha value is -1.24. The fourth-order valence-electron chi connectivity index (χ4n) is 7.00. The highest BCUT2D eigenvalue weighted by atomic mass is 15.1. The highest BCUT2D eigenvalue weighted by Gasteiger charge is 2.09. The molecule has 0 spiro atoms. The zero-order chi connectivity index (χ0) is 32.3. The summed E-state index contributed by atoms with van der Waals surface area (Å²) in [5, 5.41) is 0. The van der Waals surface area contributed by atoms with E-state index in [0.717, 1.165) is 0 Å². The van der Waals surface area contributed by atoms with Gasteiger partial charge in [-0.1, -0.05) is 237 Å². The number of benzene rings is 1. The highest BCUT2D eigenvalue weighted by molar-refractivity contribution is 5.66. The van der Waals surface area contributed by atoms with E-state index in [0.29, 0.717) is 0 Å². The molecule has 0 aliphatic heterocycles. The quantitative estimate of drug-likeness (QED) is 0.0672. The molecule has 0 fully saturated rings. The van der Waals surface area contributed by atoms with Crippen molar-refractivity contribution < 1.29 is 0 Å². The summed E-state index contributed by atoms with van der Waals surface area (Å²) in [5.41, 5.74) is 2.69. The van der Waals surface area contributed by atoms with Gasteiger partial charge >= 0.3 is 0 Å². The van der Waals surface area contributed by atoms with Crippen molar-refractivity contribution in [2.24, 2.45) is 0 Å².